The van der Waals surface area contributed by atoms with Crippen molar-refractivity contribution in [3.05, 3.63) is 69.7 Å². The highest BCUT2D eigenvalue weighted by Crippen LogP contribution is 2.19. The van der Waals surface area contributed by atoms with Gasteiger partial charge in [-0.05, 0) is 36.4 Å². The van der Waals surface area contributed by atoms with Crippen molar-refractivity contribution in [1.29, 1.82) is 5.26 Å². The Morgan fingerprint density at radius 3 is 2.29 bits per heavy atom. The number of benzene rings is 2. The molecular weight excluding hydrogens is 278 g/mol. The molecule has 82 valence electrons. The van der Waals surface area contributed by atoms with E-state index in [-0.39, 0.29) is 5.78 Å². The van der Waals surface area contributed by atoms with E-state index < -0.39 is 0 Å². The van der Waals surface area contributed by atoms with Crippen LogP contribution in [0.1, 0.15) is 21.5 Å². The molecule has 2 rings (SSSR count). The standard InChI is InChI=1S/C14H8BrNO/c15-13-4-2-1-3-12(13)14(17)11-7-5-10(9-16)6-8-11/h1-8H. The van der Waals surface area contributed by atoms with E-state index in [9.17, 15) is 4.79 Å². The lowest BCUT2D eigenvalue weighted by molar-refractivity contribution is 0.103. The minimum atomic E-state index is -0.0537. The number of hydrogen-bond acceptors (Lipinski definition) is 2. The summed E-state index contributed by atoms with van der Waals surface area (Å²) in [6.07, 6.45) is 0. The molecule has 0 bridgehead atoms. The topological polar surface area (TPSA) is 40.9 Å². The first-order valence-electron chi connectivity index (χ1n) is 5.02. The van der Waals surface area contributed by atoms with Crippen LogP contribution in [0.15, 0.2) is 53.0 Å². The summed E-state index contributed by atoms with van der Waals surface area (Å²) in [5.74, 6) is -0.0537. The molecule has 2 aromatic rings. The first-order chi connectivity index (χ1) is 8.22. The van der Waals surface area contributed by atoms with Gasteiger partial charge in [0.15, 0.2) is 5.78 Å². The van der Waals surface area contributed by atoms with Crippen molar-refractivity contribution in [3.63, 3.8) is 0 Å². The van der Waals surface area contributed by atoms with E-state index in [1.54, 1.807) is 30.3 Å². The molecule has 0 saturated heterocycles. The molecule has 0 heterocycles. The second kappa shape index (κ2) is 4.94. The summed E-state index contributed by atoms with van der Waals surface area (Å²) in [5, 5.41) is 8.69. The zero-order chi connectivity index (χ0) is 12.3. The van der Waals surface area contributed by atoms with E-state index in [0.29, 0.717) is 16.7 Å². The first-order valence-corrected chi connectivity index (χ1v) is 5.81. The predicted molar refractivity (Wildman–Crippen MR) is 68.7 cm³/mol. The average molecular weight is 286 g/mol. The number of halogens is 1. The smallest absolute Gasteiger partial charge is 0.194 e. The number of nitriles is 1. The molecule has 0 aliphatic carbocycles. The van der Waals surface area contributed by atoms with Crippen molar-refractivity contribution in [2.45, 2.75) is 0 Å². The van der Waals surface area contributed by atoms with E-state index in [1.807, 2.05) is 24.3 Å². The van der Waals surface area contributed by atoms with Crippen LogP contribution in [0.2, 0.25) is 0 Å². The Hall–Kier alpha value is -1.92. The molecule has 0 radical (unpaired) electrons. The monoisotopic (exact) mass is 285 g/mol. The zero-order valence-corrected chi connectivity index (χ0v) is 10.4. The molecule has 0 N–H and O–H groups in total. The van der Waals surface area contributed by atoms with Crippen LogP contribution in [0.4, 0.5) is 0 Å². The van der Waals surface area contributed by atoms with E-state index in [0.717, 1.165) is 4.47 Å². The van der Waals surface area contributed by atoms with Gasteiger partial charge in [0.05, 0.1) is 11.6 Å². The second-order valence-electron chi connectivity index (χ2n) is 3.50. The van der Waals surface area contributed by atoms with E-state index in [1.165, 1.54) is 0 Å². The summed E-state index contributed by atoms with van der Waals surface area (Å²) in [4.78, 5) is 12.2. The lowest BCUT2D eigenvalue weighted by atomic mass is 10.0. The number of nitrogens with zero attached hydrogens (tertiary/aromatic N) is 1. The maximum absolute atomic E-state index is 12.2. The highest BCUT2D eigenvalue weighted by Gasteiger charge is 2.11. The van der Waals surface area contributed by atoms with Gasteiger partial charge >= 0.3 is 0 Å². The van der Waals surface area contributed by atoms with Gasteiger partial charge in [0.25, 0.3) is 0 Å². The van der Waals surface area contributed by atoms with Gasteiger partial charge in [0.2, 0.25) is 0 Å². The third-order valence-electron chi connectivity index (χ3n) is 2.39. The molecule has 0 aromatic heterocycles. The number of rotatable bonds is 2. The van der Waals surface area contributed by atoms with E-state index >= 15 is 0 Å². The highest BCUT2D eigenvalue weighted by molar-refractivity contribution is 9.10. The maximum atomic E-state index is 12.2. The van der Waals surface area contributed by atoms with Crippen LogP contribution < -0.4 is 0 Å². The third-order valence-corrected chi connectivity index (χ3v) is 3.09. The summed E-state index contributed by atoms with van der Waals surface area (Å²) in [6.45, 7) is 0. The number of hydrogen-bond donors (Lipinski definition) is 0. The van der Waals surface area contributed by atoms with Gasteiger partial charge in [-0.3, -0.25) is 4.79 Å². The van der Waals surface area contributed by atoms with Crippen molar-refractivity contribution >= 4 is 21.7 Å². The molecule has 0 atom stereocenters. The first kappa shape index (κ1) is 11.6. The molecular formula is C14H8BrNO. The van der Waals surface area contributed by atoms with Crippen LogP contribution in [0.3, 0.4) is 0 Å². The van der Waals surface area contributed by atoms with Crippen LogP contribution in [0, 0.1) is 11.3 Å². The van der Waals surface area contributed by atoms with E-state index in [4.69, 9.17) is 5.26 Å². The molecule has 2 nitrogen and oxygen atoms in total. The Bertz CT molecular complexity index is 596. The Morgan fingerprint density at radius 1 is 1.06 bits per heavy atom. The maximum Gasteiger partial charge on any atom is 0.194 e. The van der Waals surface area contributed by atoms with Crippen LogP contribution in [0.25, 0.3) is 0 Å². The molecule has 0 amide bonds. The van der Waals surface area contributed by atoms with E-state index in [2.05, 4.69) is 15.9 Å². The van der Waals surface area contributed by atoms with Gasteiger partial charge in [0, 0.05) is 15.6 Å². The predicted octanol–water partition coefficient (Wildman–Crippen LogP) is 3.55. The quantitative estimate of drug-likeness (QED) is 0.792. The largest absolute Gasteiger partial charge is 0.289 e. The molecule has 0 saturated carbocycles. The lowest BCUT2D eigenvalue weighted by Crippen LogP contribution is -2.01. The minimum absolute atomic E-state index is 0.0537. The Balaban J connectivity index is 2.38. The van der Waals surface area contributed by atoms with Gasteiger partial charge in [0.1, 0.15) is 0 Å². The molecule has 2 aromatic carbocycles. The third kappa shape index (κ3) is 2.43. The summed E-state index contributed by atoms with van der Waals surface area (Å²) in [6, 6.07) is 15.9. The molecule has 0 aliphatic heterocycles. The van der Waals surface area contributed by atoms with Crippen LogP contribution in [-0.4, -0.2) is 5.78 Å². The fourth-order valence-electron chi connectivity index (χ4n) is 1.50. The molecule has 17 heavy (non-hydrogen) atoms. The highest BCUT2D eigenvalue weighted by atomic mass is 79.9. The van der Waals surface area contributed by atoms with Crippen LogP contribution in [0.5, 0.6) is 0 Å². The van der Waals surface area contributed by atoms with Crippen molar-refractivity contribution in [2.75, 3.05) is 0 Å². The Labute approximate surface area is 108 Å². The van der Waals surface area contributed by atoms with Crippen molar-refractivity contribution in [3.8, 4) is 6.07 Å². The molecule has 0 fully saturated rings. The molecule has 0 aliphatic rings. The molecule has 3 heteroatoms. The van der Waals surface area contributed by atoms with Gasteiger partial charge in [-0.1, -0.05) is 28.1 Å². The fraction of sp³-hybridized carbons (Fsp3) is 0. The molecule has 0 unspecified atom stereocenters. The number of carbonyl (C=O) groups excluding carboxylic acids is 1. The van der Waals surface area contributed by atoms with Crippen molar-refractivity contribution < 1.29 is 4.79 Å². The fourth-order valence-corrected chi connectivity index (χ4v) is 1.96. The summed E-state index contributed by atoms with van der Waals surface area (Å²) >= 11 is 3.35. The Morgan fingerprint density at radius 2 is 1.71 bits per heavy atom. The SMILES string of the molecule is N#Cc1ccc(C(=O)c2ccccc2Br)cc1. The lowest BCUT2D eigenvalue weighted by Gasteiger charge is -2.03. The van der Waals surface area contributed by atoms with Gasteiger partial charge < -0.3 is 0 Å². The summed E-state index contributed by atoms with van der Waals surface area (Å²) in [5.41, 5.74) is 1.75. The number of ketones is 1. The summed E-state index contributed by atoms with van der Waals surface area (Å²) in [7, 11) is 0. The van der Waals surface area contributed by atoms with Gasteiger partial charge in [-0.2, -0.15) is 5.26 Å². The van der Waals surface area contributed by atoms with Crippen LogP contribution >= 0.6 is 15.9 Å². The Kier molecular flexibility index (Phi) is 3.36. The van der Waals surface area contributed by atoms with Crippen LogP contribution in [-0.2, 0) is 0 Å². The molecule has 0 spiro atoms. The van der Waals surface area contributed by atoms with Crippen molar-refractivity contribution in [2.24, 2.45) is 0 Å². The van der Waals surface area contributed by atoms with Gasteiger partial charge in [-0.15, -0.1) is 0 Å². The van der Waals surface area contributed by atoms with Gasteiger partial charge in [-0.25, -0.2) is 0 Å². The zero-order valence-electron chi connectivity index (χ0n) is 8.85. The summed E-state index contributed by atoms with van der Waals surface area (Å²) < 4.78 is 0.773. The average Bonchev–Trinajstić information content (AvgIpc) is 2.39. The normalized spacial score (nSPS) is 9.65. The van der Waals surface area contributed by atoms with Crippen molar-refractivity contribution in [1.82, 2.24) is 0 Å². The minimum Gasteiger partial charge on any atom is -0.289 e. The number of carbonyl (C=O) groups is 1. The second-order valence-corrected chi connectivity index (χ2v) is 4.35.